The molecule has 1 atom stereocenters. The zero-order chi connectivity index (χ0) is 29.2. The van der Waals surface area contributed by atoms with Crippen molar-refractivity contribution in [3.63, 3.8) is 0 Å². The Kier molecular flexibility index (Phi) is 7.74. The summed E-state index contributed by atoms with van der Waals surface area (Å²) in [7, 11) is 1.68. The predicted molar refractivity (Wildman–Crippen MR) is 166 cm³/mol. The van der Waals surface area contributed by atoms with E-state index in [1.807, 2.05) is 18.3 Å². The number of hydrogen-bond donors (Lipinski definition) is 2. The van der Waals surface area contributed by atoms with Gasteiger partial charge >= 0.3 is 0 Å². The molecular formula is C34H37N5O4. The molecule has 3 aliphatic rings. The fourth-order valence-corrected chi connectivity index (χ4v) is 6.45. The lowest BCUT2D eigenvalue weighted by Crippen LogP contribution is -2.41. The highest BCUT2D eigenvalue weighted by Gasteiger charge is 2.29. The molecule has 2 N–H and O–H groups in total. The molecule has 0 saturated carbocycles. The Morgan fingerprint density at radius 3 is 2.81 bits per heavy atom. The third-order valence-electron chi connectivity index (χ3n) is 8.70. The first-order chi connectivity index (χ1) is 21.1. The number of nitrogens with one attached hydrogen (secondary N) is 2. The number of aromatic nitrogens is 2. The average Bonchev–Trinajstić information content (AvgIpc) is 3.05. The molecule has 9 nitrogen and oxygen atoms in total. The third kappa shape index (κ3) is 5.96. The lowest BCUT2D eigenvalue weighted by molar-refractivity contribution is 0.0383. The predicted octanol–water partition coefficient (Wildman–Crippen LogP) is 5.13. The van der Waals surface area contributed by atoms with Crippen LogP contribution in [-0.2, 0) is 17.7 Å². The zero-order valence-electron chi connectivity index (χ0n) is 24.4. The maximum atomic E-state index is 12.4. The van der Waals surface area contributed by atoms with Crippen LogP contribution in [-0.4, -0.2) is 60.8 Å². The summed E-state index contributed by atoms with van der Waals surface area (Å²) in [4.78, 5) is 24.1. The number of methoxy groups -OCH3 is 1. The summed E-state index contributed by atoms with van der Waals surface area (Å²) >= 11 is 0. The molecule has 5 heterocycles. The first kappa shape index (κ1) is 27.5. The van der Waals surface area contributed by atoms with Gasteiger partial charge in [-0.3, -0.25) is 14.7 Å². The number of H-pyrrole nitrogens is 1. The van der Waals surface area contributed by atoms with E-state index in [4.69, 9.17) is 14.2 Å². The Hall–Kier alpha value is -4.34. The minimum absolute atomic E-state index is 0.0795. The molecule has 4 aromatic rings. The molecule has 2 aromatic heterocycles. The van der Waals surface area contributed by atoms with Crippen LogP contribution in [0.2, 0.25) is 0 Å². The molecule has 43 heavy (non-hydrogen) atoms. The molecular weight excluding hydrogens is 542 g/mol. The van der Waals surface area contributed by atoms with Gasteiger partial charge in [0.15, 0.2) is 0 Å². The van der Waals surface area contributed by atoms with E-state index in [1.165, 1.54) is 11.1 Å². The van der Waals surface area contributed by atoms with Crippen molar-refractivity contribution in [2.45, 2.75) is 38.0 Å². The van der Waals surface area contributed by atoms with Crippen molar-refractivity contribution in [2.75, 3.05) is 50.1 Å². The Morgan fingerprint density at radius 2 is 1.95 bits per heavy atom. The van der Waals surface area contributed by atoms with Crippen molar-refractivity contribution in [2.24, 2.45) is 0 Å². The van der Waals surface area contributed by atoms with Crippen molar-refractivity contribution in [3.05, 3.63) is 106 Å². The van der Waals surface area contributed by atoms with Crippen LogP contribution in [0.4, 0.5) is 11.4 Å². The van der Waals surface area contributed by atoms with E-state index < -0.39 is 0 Å². The summed E-state index contributed by atoms with van der Waals surface area (Å²) in [5, 5.41) is 3.78. The van der Waals surface area contributed by atoms with Gasteiger partial charge in [0.05, 0.1) is 19.9 Å². The van der Waals surface area contributed by atoms with Crippen LogP contribution >= 0.6 is 0 Å². The lowest BCUT2D eigenvalue weighted by Gasteiger charge is -2.35. The lowest BCUT2D eigenvalue weighted by atomic mass is 9.95. The van der Waals surface area contributed by atoms with Gasteiger partial charge in [-0.05, 0) is 60.4 Å². The quantitative estimate of drug-likeness (QED) is 0.274. The van der Waals surface area contributed by atoms with E-state index in [9.17, 15) is 4.79 Å². The SMILES string of the molecule is COc1cncc(CN2CCC(Nc3ccc4c(c3)Cc3cccc(C5CN(c6ccc[nH]c6=O)CCO5)c3O4)CC2)c1. The largest absolute Gasteiger partial charge is 0.495 e. The molecule has 3 aliphatic heterocycles. The smallest absolute Gasteiger partial charge is 0.271 e. The van der Waals surface area contributed by atoms with Gasteiger partial charge in [0.2, 0.25) is 0 Å². The molecule has 222 valence electrons. The first-order valence-corrected chi connectivity index (χ1v) is 15.1. The van der Waals surface area contributed by atoms with Crippen LogP contribution < -0.4 is 25.2 Å². The molecule has 0 radical (unpaired) electrons. The summed E-state index contributed by atoms with van der Waals surface area (Å²) in [6.07, 6.45) is 8.12. The minimum atomic E-state index is -0.183. The number of nitrogens with zero attached hydrogens (tertiary/aromatic N) is 3. The van der Waals surface area contributed by atoms with Crippen molar-refractivity contribution < 1.29 is 14.2 Å². The molecule has 0 aliphatic carbocycles. The summed E-state index contributed by atoms with van der Waals surface area (Å²) in [6.45, 7) is 4.79. The molecule has 7 rings (SSSR count). The molecule has 2 fully saturated rings. The number of hydrogen-bond acceptors (Lipinski definition) is 8. The van der Waals surface area contributed by atoms with Crippen LogP contribution in [0.15, 0.2) is 78.0 Å². The minimum Gasteiger partial charge on any atom is -0.495 e. The number of morpholine rings is 1. The van der Waals surface area contributed by atoms with Crippen molar-refractivity contribution >= 4 is 11.4 Å². The molecule has 2 aromatic carbocycles. The van der Waals surface area contributed by atoms with Gasteiger partial charge in [-0.25, -0.2) is 0 Å². The van der Waals surface area contributed by atoms with Crippen molar-refractivity contribution in [1.82, 2.24) is 14.9 Å². The van der Waals surface area contributed by atoms with Gasteiger partial charge in [0.25, 0.3) is 5.56 Å². The van der Waals surface area contributed by atoms with Gasteiger partial charge in [0, 0.05) is 74.4 Å². The van der Waals surface area contributed by atoms with Crippen molar-refractivity contribution in [3.8, 4) is 17.2 Å². The molecule has 1 unspecified atom stereocenters. The van der Waals surface area contributed by atoms with Gasteiger partial charge in [-0.2, -0.15) is 0 Å². The highest BCUT2D eigenvalue weighted by molar-refractivity contribution is 5.59. The molecule has 0 bridgehead atoms. The Balaban J connectivity index is 0.993. The van der Waals surface area contributed by atoms with Crippen LogP contribution in [0.5, 0.6) is 17.2 Å². The van der Waals surface area contributed by atoms with Crippen LogP contribution in [0.1, 0.15) is 41.2 Å². The summed E-state index contributed by atoms with van der Waals surface area (Å²) in [5.41, 5.74) is 6.27. The maximum absolute atomic E-state index is 12.4. The molecule has 2 saturated heterocycles. The third-order valence-corrected chi connectivity index (χ3v) is 8.70. The average molecular weight is 580 g/mol. The van der Waals surface area contributed by atoms with E-state index >= 15 is 0 Å². The van der Waals surface area contributed by atoms with E-state index in [1.54, 1.807) is 19.5 Å². The molecule has 0 amide bonds. The van der Waals surface area contributed by atoms with Crippen molar-refractivity contribution in [1.29, 1.82) is 0 Å². The number of likely N-dealkylation sites (tertiary alicyclic amines) is 1. The fourth-order valence-electron chi connectivity index (χ4n) is 6.45. The number of aromatic amines is 1. The normalized spacial score (nSPS) is 18.8. The standard InChI is InChI=1S/C34H37N5O4/c1-41-28-16-23(19-35-20-28)21-38-12-9-26(10-13-38)37-27-7-8-31-25(18-27)17-24-4-2-5-29(33(24)43-31)32-22-39(14-15-42-32)30-6-3-11-36-34(30)40/h2-8,11,16,18-20,26,32,37H,9-10,12-15,17,21-22H2,1H3,(H,36,40). The van der Waals surface area contributed by atoms with Crippen LogP contribution in [0.25, 0.3) is 0 Å². The maximum Gasteiger partial charge on any atom is 0.271 e. The van der Waals surface area contributed by atoms with E-state index in [0.717, 1.165) is 73.0 Å². The van der Waals surface area contributed by atoms with Gasteiger partial charge in [-0.1, -0.05) is 18.2 Å². The Morgan fingerprint density at radius 1 is 1.05 bits per heavy atom. The van der Waals surface area contributed by atoms with Crippen LogP contribution in [0.3, 0.4) is 0 Å². The van der Waals surface area contributed by atoms with Gasteiger partial charge in [-0.15, -0.1) is 0 Å². The van der Waals surface area contributed by atoms with Gasteiger partial charge < -0.3 is 29.4 Å². The van der Waals surface area contributed by atoms with E-state index in [2.05, 4.69) is 67.5 Å². The molecule has 0 spiro atoms. The monoisotopic (exact) mass is 579 g/mol. The Bertz CT molecular complexity index is 1650. The van der Waals surface area contributed by atoms with E-state index in [-0.39, 0.29) is 11.7 Å². The highest BCUT2D eigenvalue weighted by Crippen LogP contribution is 2.43. The number of piperidine rings is 1. The summed E-state index contributed by atoms with van der Waals surface area (Å²) in [5.74, 6) is 2.57. The number of anilines is 2. The number of benzene rings is 2. The Labute approximate surface area is 251 Å². The van der Waals surface area contributed by atoms with Crippen LogP contribution in [0, 0.1) is 0 Å². The number of rotatable bonds is 7. The highest BCUT2D eigenvalue weighted by atomic mass is 16.5. The van der Waals surface area contributed by atoms with Gasteiger partial charge in [0.1, 0.15) is 29.0 Å². The summed E-state index contributed by atoms with van der Waals surface area (Å²) in [6, 6.07) is 19.0. The second kappa shape index (κ2) is 12.1. The number of ether oxygens (including phenoxy) is 3. The second-order valence-electron chi connectivity index (χ2n) is 11.6. The topological polar surface area (TPSA) is 92.0 Å². The zero-order valence-corrected chi connectivity index (χ0v) is 24.4. The fraction of sp³-hybridized carbons (Fsp3) is 0.353. The summed E-state index contributed by atoms with van der Waals surface area (Å²) < 4.78 is 18.1. The number of fused-ring (bicyclic) bond motifs is 2. The van der Waals surface area contributed by atoms with E-state index in [0.29, 0.717) is 31.4 Å². The first-order valence-electron chi connectivity index (χ1n) is 15.1. The number of para-hydroxylation sites is 1. The molecule has 9 heteroatoms. The second-order valence-corrected chi connectivity index (χ2v) is 11.6. The number of pyridine rings is 2.